The van der Waals surface area contributed by atoms with Crippen LogP contribution in [0.5, 0.6) is 0 Å². The number of rotatable bonds is 3. The first-order valence-corrected chi connectivity index (χ1v) is 5.30. The minimum atomic E-state index is 0.601. The van der Waals surface area contributed by atoms with Crippen molar-refractivity contribution in [2.75, 3.05) is 6.54 Å². The van der Waals surface area contributed by atoms with Crippen LogP contribution in [0.25, 0.3) is 0 Å². The molecule has 2 heterocycles. The largest absolute Gasteiger partial charge is 0.349 e. The summed E-state index contributed by atoms with van der Waals surface area (Å²) in [7, 11) is 0. The molecule has 0 radical (unpaired) electrons. The molecule has 0 bridgehead atoms. The highest BCUT2D eigenvalue weighted by atomic mass is 15.1. The quantitative estimate of drug-likeness (QED) is 0.751. The second-order valence-corrected chi connectivity index (χ2v) is 3.78. The first-order chi connectivity index (χ1) is 6.42. The van der Waals surface area contributed by atoms with E-state index in [2.05, 4.69) is 35.1 Å². The molecule has 2 rings (SSSR count). The van der Waals surface area contributed by atoms with Gasteiger partial charge < -0.3 is 9.88 Å². The molecule has 0 aliphatic carbocycles. The van der Waals surface area contributed by atoms with E-state index in [0.29, 0.717) is 6.04 Å². The summed E-state index contributed by atoms with van der Waals surface area (Å²) in [6.07, 6.45) is 6.08. The predicted octanol–water partition coefficient (Wildman–Crippen LogP) is 2.32. The Morgan fingerprint density at radius 2 is 2.54 bits per heavy atom. The van der Waals surface area contributed by atoms with Gasteiger partial charge in [-0.15, -0.1) is 0 Å². The van der Waals surface area contributed by atoms with Gasteiger partial charge in [-0.2, -0.15) is 0 Å². The minimum absolute atomic E-state index is 0.601. The van der Waals surface area contributed by atoms with Gasteiger partial charge in [-0.25, -0.2) is 0 Å². The van der Waals surface area contributed by atoms with Gasteiger partial charge in [0.25, 0.3) is 0 Å². The Labute approximate surface area is 79.9 Å². The zero-order valence-electron chi connectivity index (χ0n) is 8.29. The molecule has 1 N–H and O–H groups in total. The topological polar surface area (TPSA) is 17.0 Å². The molecule has 0 amide bonds. The number of unbranched alkanes of at least 4 members (excludes halogenated alkanes) is 1. The zero-order valence-corrected chi connectivity index (χ0v) is 8.29. The third-order valence-corrected chi connectivity index (χ3v) is 2.81. The Bertz CT molecular complexity index is 265. The van der Waals surface area contributed by atoms with E-state index in [0.717, 1.165) is 13.1 Å². The number of nitrogens with zero attached hydrogens (tertiary/aromatic N) is 1. The third-order valence-electron chi connectivity index (χ3n) is 2.81. The summed E-state index contributed by atoms with van der Waals surface area (Å²) in [5, 5.41) is 3.58. The monoisotopic (exact) mass is 178 g/mol. The lowest BCUT2D eigenvalue weighted by Gasteiger charge is -2.26. The molecular weight excluding hydrogens is 160 g/mol. The number of hydrogen-bond acceptors (Lipinski definition) is 1. The van der Waals surface area contributed by atoms with Crippen LogP contribution >= 0.6 is 0 Å². The van der Waals surface area contributed by atoms with Crippen molar-refractivity contribution < 1.29 is 0 Å². The molecular formula is C11H18N2. The molecule has 0 saturated heterocycles. The van der Waals surface area contributed by atoms with E-state index in [4.69, 9.17) is 0 Å². The van der Waals surface area contributed by atoms with Crippen molar-refractivity contribution in [3.05, 3.63) is 24.0 Å². The fraction of sp³-hybridized carbons (Fsp3) is 0.636. The van der Waals surface area contributed by atoms with Crippen molar-refractivity contribution in [1.82, 2.24) is 9.88 Å². The minimum Gasteiger partial charge on any atom is -0.349 e. The van der Waals surface area contributed by atoms with Crippen LogP contribution < -0.4 is 5.32 Å². The van der Waals surface area contributed by atoms with Crippen LogP contribution in [0.15, 0.2) is 18.3 Å². The predicted molar refractivity (Wildman–Crippen MR) is 54.7 cm³/mol. The maximum absolute atomic E-state index is 3.58. The van der Waals surface area contributed by atoms with Crippen molar-refractivity contribution in [2.24, 2.45) is 0 Å². The van der Waals surface area contributed by atoms with Gasteiger partial charge in [-0.3, -0.25) is 0 Å². The average molecular weight is 178 g/mol. The number of hydrogen-bond donors (Lipinski definition) is 1. The maximum Gasteiger partial charge on any atom is 0.0475 e. The van der Waals surface area contributed by atoms with Gasteiger partial charge in [0.15, 0.2) is 0 Å². The van der Waals surface area contributed by atoms with E-state index in [1.807, 2.05) is 0 Å². The average Bonchev–Trinajstić information content (AvgIpc) is 2.62. The van der Waals surface area contributed by atoms with Crippen molar-refractivity contribution in [1.29, 1.82) is 0 Å². The molecule has 1 aliphatic heterocycles. The molecule has 0 saturated carbocycles. The lowest BCUT2D eigenvalue weighted by molar-refractivity contribution is 0.397. The summed E-state index contributed by atoms with van der Waals surface area (Å²) < 4.78 is 2.37. The van der Waals surface area contributed by atoms with Crippen LogP contribution in [0.4, 0.5) is 0 Å². The van der Waals surface area contributed by atoms with Gasteiger partial charge in [0, 0.05) is 31.0 Å². The first kappa shape index (κ1) is 8.82. The molecule has 1 aliphatic rings. The molecule has 1 aromatic heterocycles. The van der Waals surface area contributed by atoms with Crippen LogP contribution in [-0.2, 0) is 6.54 Å². The maximum atomic E-state index is 3.58. The molecule has 1 aromatic rings. The third kappa shape index (κ3) is 1.78. The van der Waals surface area contributed by atoms with Gasteiger partial charge in [0.05, 0.1) is 0 Å². The molecule has 0 spiro atoms. The second-order valence-electron chi connectivity index (χ2n) is 3.78. The number of aromatic nitrogens is 1. The van der Waals surface area contributed by atoms with Crippen LogP contribution in [0.2, 0.25) is 0 Å². The number of fused-ring (bicyclic) bond motifs is 1. The molecule has 72 valence electrons. The van der Waals surface area contributed by atoms with Gasteiger partial charge >= 0.3 is 0 Å². The van der Waals surface area contributed by atoms with E-state index < -0.39 is 0 Å². The summed E-state index contributed by atoms with van der Waals surface area (Å²) in [4.78, 5) is 0. The van der Waals surface area contributed by atoms with Crippen LogP contribution in [0.3, 0.4) is 0 Å². The van der Waals surface area contributed by atoms with Gasteiger partial charge in [-0.05, 0) is 18.6 Å². The lowest BCUT2D eigenvalue weighted by Crippen LogP contribution is -2.32. The Balaban J connectivity index is 2.07. The smallest absolute Gasteiger partial charge is 0.0475 e. The Morgan fingerprint density at radius 3 is 3.38 bits per heavy atom. The van der Waals surface area contributed by atoms with E-state index in [9.17, 15) is 0 Å². The van der Waals surface area contributed by atoms with Crippen molar-refractivity contribution in [3.63, 3.8) is 0 Å². The molecule has 2 nitrogen and oxygen atoms in total. The highest BCUT2D eigenvalue weighted by molar-refractivity contribution is 5.13. The highest BCUT2D eigenvalue weighted by Crippen LogP contribution is 2.22. The van der Waals surface area contributed by atoms with E-state index >= 15 is 0 Å². The van der Waals surface area contributed by atoms with Crippen LogP contribution in [0, 0.1) is 0 Å². The van der Waals surface area contributed by atoms with E-state index in [1.54, 1.807) is 0 Å². The van der Waals surface area contributed by atoms with E-state index in [-0.39, 0.29) is 0 Å². The van der Waals surface area contributed by atoms with Crippen molar-refractivity contribution in [2.45, 2.75) is 38.8 Å². The molecule has 2 heteroatoms. The molecule has 1 atom stereocenters. The first-order valence-electron chi connectivity index (χ1n) is 5.30. The van der Waals surface area contributed by atoms with Gasteiger partial charge in [0.1, 0.15) is 0 Å². The molecule has 1 unspecified atom stereocenters. The van der Waals surface area contributed by atoms with Gasteiger partial charge in [0.2, 0.25) is 0 Å². The van der Waals surface area contributed by atoms with Crippen LogP contribution in [0.1, 0.15) is 37.9 Å². The standard InChI is InChI=1S/C11H18N2/c1-2-3-5-10-11-6-4-8-13(11)9-7-12-10/h4,6,8,10,12H,2-3,5,7,9H2,1H3. The SMILES string of the molecule is CCCCC1NCCn2cccc21. The summed E-state index contributed by atoms with van der Waals surface area (Å²) in [5.41, 5.74) is 1.47. The Hall–Kier alpha value is -0.760. The Kier molecular flexibility index (Phi) is 2.69. The molecule has 0 fully saturated rings. The van der Waals surface area contributed by atoms with Gasteiger partial charge in [-0.1, -0.05) is 19.8 Å². The molecule has 13 heavy (non-hydrogen) atoms. The highest BCUT2D eigenvalue weighted by Gasteiger charge is 2.17. The Morgan fingerprint density at radius 1 is 1.62 bits per heavy atom. The van der Waals surface area contributed by atoms with Crippen molar-refractivity contribution >= 4 is 0 Å². The lowest BCUT2D eigenvalue weighted by atomic mass is 10.1. The summed E-state index contributed by atoms with van der Waals surface area (Å²) in [6, 6.07) is 5.00. The second kappa shape index (κ2) is 3.97. The fourth-order valence-electron chi connectivity index (χ4n) is 2.07. The summed E-state index contributed by atoms with van der Waals surface area (Å²) in [6.45, 7) is 4.50. The van der Waals surface area contributed by atoms with E-state index in [1.165, 1.54) is 25.0 Å². The molecule has 0 aromatic carbocycles. The van der Waals surface area contributed by atoms with Crippen LogP contribution in [-0.4, -0.2) is 11.1 Å². The normalized spacial score (nSPS) is 21.5. The number of nitrogens with one attached hydrogen (secondary N) is 1. The summed E-state index contributed by atoms with van der Waals surface area (Å²) in [5.74, 6) is 0. The zero-order chi connectivity index (χ0) is 9.10. The van der Waals surface area contributed by atoms with Crippen molar-refractivity contribution in [3.8, 4) is 0 Å². The summed E-state index contributed by atoms with van der Waals surface area (Å²) >= 11 is 0. The fourth-order valence-corrected chi connectivity index (χ4v) is 2.07.